The molecule has 7 heteroatoms. The van der Waals surface area contributed by atoms with Crippen molar-refractivity contribution in [3.8, 4) is 0 Å². The molecule has 0 N–H and O–H groups in total. The third-order valence-electron chi connectivity index (χ3n) is 4.01. The van der Waals surface area contributed by atoms with Gasteiger partial charge in [-0.2, -0.15) is 13.2 Å². The molecule has 0 aliphatic carbocycles. The zero-order valence-electron chi connectivity index (χ0n) is 10.3. The summed E-state index contributed by atoms with van der Waals surface area (Å²) in [7, 11) is 1.23. The Kier molecular flexibility index (Phi) is 3.57. The number of nitrogens with zero attached hydrogens (tertiary/aromatic N) is 1. The molecule has 2 aliphatic rings. The minimum Gasteiger partial charge on any atom is -0.469 e. The van der Waals surface area contributed by atoms with Crippen LogP contribution in [0.15, 0.2) is 0 Å². The fourth-order valence-corrected chi connectivity index (χ4v) is 4.24. The molecule has 3 nitrogen and oxygen atoms in total. The molecule has 3 atom stereocenters. The number of halogens is 3. The summed E-state index contributed by atoms with van der Waals surface area (Å²) < 4.78 is 44.8. The Morgan fingerprint density at radius 1 is 1.50 bits per heavy atom. The van der Waals surface area contributed by atoms with E-state index in [1.54, 1.807) is 0 Å². The van der Waals surface area contributed by atoms with E-state index in [-0.39, 0.29) is 12.5 Å². The standard InChI is InChI=1S/C11H16F3NO2S/c1-17-9(16)7-6-10(18-2,11(12,13)14)15-5-3-4-8(7)15/h7-8H,3-6H2,1-2H3/t7-,8-,10-/m1/s1. The number of alkyl halides is 3. The van der Waals surface area contributed by atoms with Crippen molar-refractivity contribution >= 4 is 17.7 Å². The van der Waals surface area contributed by atoms with Gasteiger partial charge in [0.15, 0.2) is 4.87 Å². The molecule has 0 aromatic heterocycles. The Morgan fingerprint density at radius 3 is 2.67 bits per heavy atom. The normalized spacial score (nSPS) is 36.7. The smallest absolute Gasteiger partial charge is 0.416 e. The topological polar surface area (TPSA) is 29.5 Å². The van der Waals surface area contributed by atoms with Gasteiger partial charge in [-0.25, -0.2) is 0 Å². The quantitative estimate of drug-likeness (QED) is 0.727. The minimum absolute atomic E-state index is 0.199. The maximum atomic E-state index is 13.4. The predicted molar refractivity (Wildman–Crippen MR) is 62.2 cm³/mol. The lowest BCUT2D eigenvalue weighted by atomic mass is 9.96. The van der Waals surface area contributed by atoms with Crippen LogP contribution in [0.4, 0.5) is 13.2 Å². The molecule has 0 saturated carbocycles. The maximum absolute atomic E-state index is 13.4. The molecule has 0 aromatic carbocycles. The van der Waals surface area contributed by atoms with Crippen LogP contribution in [0.3, 0.4) is 0 Å². The Balaban J connectivity index is 2.36. The van der Waals surface area contributed by atoms with Gasteiger partial charge in [-0.15, -0.1) is 11.8 Å². The number of ether oxygens (including phenoxy) is 1. The average molecular weight is 283 g/mol. The van der Waals surface area contributed by atoms with Crippen molar-refractivity contribution in [2.24, 2.45) is 5.92 Å². The Labute approximate surface area is 108 Å². The molecule has 104 valence electrons. The molecular formula is C11H16F3NO2S. The van der Waals surface area contributed by atoms with E-state index in [2.05, 4.69) is 4.74 Å². The number of carbonyl (C=O) groups excluding carboxylic acids is 1. The number of carbonyl (C=O) groups is 1. The van der Waals surface area contributed by atoms with Crippen LogP contribution in [-0.4, -0.2) is 47.9 Å². The molecule has 2 aliphatic heterocycles. The van der Waals surface area contributed by atoms with Crippen molar-refractivity contribution in [2.75, 3.05) is 19.9 Å². The lowest BCUT2D eigenvalue weighted by Gasteiger charge is -2.38. The Morgan fingerprint density at radius 2 is 2.17 bits per heavy atom. The van der Waals surface area contributed by atoms with Gasteiger partial charge in [-0.3, -0.25) is 9.69 Å². The summed E-state index contributed by atoms with van der Waals surface area (Å²) in [6.45, 7) is 0.401. The van der Waals surface area contributed by atoms with Crippen molar-refractivity contribution in [3.05, 3.63) is 0 Å². The summed E-state index contributed by atoms with van der Waals surface area (Å²) in [4.78, 5) is 11.2. The second kappa shape index (κ2) is 4.59. The molecule has 0 radical (unpaired) electrons. The summed E-state index contributed by atoms with van der Waals surface area (Å²) >= 11 is 0.788. The van der Waals surface area contributed by atoms with Crippen LogP contribution in [0, 0.1) is 5.92 Å². The van der Waals surface area contributed by atoms with Gasteiger partial charge in [0.05, 0.1) is 13.0 Å². The van der Waals surface area contributed by atoms with Crippen molar-refractivity contribution < 1.29 is 22.7 Å². The maximum Gasteiger partial charge on any atom is 0.416 e. The number of hydrogen-bond donors (Lipinski definition) is 0. The molecule has 2 heterocycles. The summed E-state index contributed by atoms with van der Waals surface area (Å²) in [5.41, 5.74) is 0. The van der Waals surface area contributed by atoms with Crippen LogP contribution < -0.4 is 0 Å². The number of fused-ring (bicyclic) bond motifs is 1. The lowest BCUT2D eigenvalue weighted by molar-refractivity contribution is -0.190. The summed E-state index contributed by atoms with van der Waals surface area (Å²) in [6, 6.07) is -0.327. The van der Waals surface area contributed by atoms with Crippen LogP contribution in [0.1, 0.15) is 19.3 Å². The van der Waals surface area contributed by atoms with Crippen LogP contribution >= 0.6 is 11.8 Å². The number of hydrogen-bond acceptors (Lipinski definition) is 4. The first kappa shape index (κ1) is 14.0. The largest absolute Gasteiger partial charge is 0.469 e. The molecule has 2 saturated heterocycles. The molecule has 0 spiro atoms. The minimum atomic E-state index is -4.34. The van der Waals surface area contributed by atoms with Crippen molar-refractivity contribution in [3.63, 3.8) is 0 Å². The van der Waals surface area contributed by atoms with Gasteiger partial charge in [-0.05, 0) is 25.5 Å². The lowest BCUT2D eigenvalue weighted by Crippen LogP contribution is -2.52. The molecule has 2 rings (SSSR count). The second-order valence-electron chi connectivity index (χ2n) is 4.72. The summed E-state index contributed by atoms with van der Waals surface area (Å²) in [5, 5.41) is 0. The molecule has 2 fully saturated rings. The highest BCUT2D eigenvalue weighted by atomic mass is 32.2. The monoisotopic (exact) mass is 283 g/mol. The van der Waals surface area contributed by atoms with Gasteiger partial charge in [0.25, 0.3) is 0 Å². The first-order valence-electron chi connectivity index (χ1n) is 5.84. The van der Waals surface area contributed by atoms with Gasteiger partial charge >= 0.3 is 12.1 Å². The molecular weight excluding hydrogens is 267 g/mol. The number of methoxy groups -OCH3 is 1. The van der Waals surface area contributed by atoms with Gasteiger partial charge in [0, 0.05) is 12.6 Å². The first-order valence-corrected chi connectivity index (χ1v) is 7.06. The second-order valence-corrected chi connectivity index (χ2v) is 5.81. The SMILES string of the molecule is COC(=O)[C@@H]1C[C@@](SC)(C(F)(F)F)N2CCC[C@H]12. The molecule has 0 unspecified atom stereocenters. The van der Waals surface area contributed by atoms with Gasteiger partial charge in [0.1, 0.15) is 0 Å². The number of esters is 1. The molecule has 0 bridgehead atoms. The average Bonchev–Trinajstić information content (AvgIpc) is 2.86. The van der Waals surface area contributed by atoms with E-state index in [9.17, 15) is 18.0 Å². The van der Waals surface area contributed by atoms with Crippen molar-refractivity contribution in [1.29, 1.82) is 0 Å². The Hall–Kier alpha value is -0.430. The predicted octanol–water partition coefficient (Wildman–Crippen LogP) is 2.27. The summed E-state index contributed by atoms with van der Waals surface area (Å²) in [5.74, 6) is -1.18. The fraction of sp³-hybridized carbons (Fsp3) is 0.909. The van der Waals surface area contributed by atoms with Gasteiger partial charge in [0.2, 0.25) is 0 Å². The molecule has 0 aromatic rings. The third-order valence-corrected chi connectivity index (χ3v) is 5.32. The van der Waals surface area contributed by atoms with E-state index < -0.39 is 22.9 Å². The van der Waals surface area contributed by atoms with Crippen molar-refractivity contribution in [1.82, 2.24) is 4.90 Å². The highest BCUT2D eigenvalue weighted by Gasteiger charge is 2.67. The molecule has 0 amide bonds. The van der Waals surface area contributed by atoms with E-state index in [0.29, 0.717) is 19.4 Å². The van der Waals surface area contributed by atoms with Gasteiger partial charge < -0.3 is 4.74 Å². The van der Waals surface area contributed by atoms with E-state index >= 15 is 0 Å². The number of thioether (sulfide) groups is 1. The highest BCUT2D eigenvalue weighted by Crippen LogP contribution is 2.56. The van der Waals surface area contributed by atoms with Crippen LogP contribution in [0.25, 0.3) is 0 Å². The Bertz CT molecular complexity index is 350. The highest BCUT2D eigenvalue weighted by molar-refractivity contribution is 8.00. The first-order chi connectivity index (χ1) is 8.37. The van der Waals surface area contributed by atoms with Crippen LogP contribution in [0.5, 0.6) is 0 Å². The van der Waals surface area contributed by atoms with E-state index in [0.717, 1.165) is 11.8 Å². The third kappa shape index (κ3) is 1.82. The van der Waals surface area contributed by atoms with E-state index in [1.807, 2.05) is 0 Å². The van der Waals surface area contributed by atoms with Crippen LogP contribution in [-0.2, 0) is 9.53 Å². The fourth-order valence-electron chi connectivity index (χ4n) is 3.20. The zero-order valence-corrected chi connectivity index (χ0v) is 11.1. The zero-order chi connectivity index (χ0) is 13.6. The molecule has 18 heavy (non-hydrogen) atoms. The summed E-state index contributed by atoms with van der Waals surface area (Å²) in [6.07, 6.45) is -1.73. The van der Waals surface area contributed by atoms with Gasteiger partial charge in [-0.1, -0.05) is 0 Å². The number of rotatable bonds is 2. The van der Waals surface area contributed by atoms with E-state index in [1.165, 1.54) is 18.3 Å². The van der Waals surface area contributed by atoms with Crippen LogP contribution in [0.2, 0.25) is 0 Å². The van der Waals surface area contributed by atoms with E-state index in [4.69, 9.17) is 0 Å². The van der Waals surface area contributed by atoms with Crippen molar-refractivity contribution in [2.45, 2.75) is 36.4 Å².